The Kier molecular flexibility index (Phi) is 5.55. The smallest absolute Gasteiger partial charge is 0.165 e. The molecule has 0 aliphatic heterocycles. The van der Waals surface area contributed by atoms with Gasteiger partial charge in [0.25, 0.3) is 0 Å². The van der Waals surface area contributed by atoms with Crippen molar-refractivity contribution in [2.24, 2.45) is 0 Å². The Labute approximate surface area is 224 Å². The number of aromatic nitrogens is 7. The van der Waals surface area contributed by atoms with E-state index in [4.69, 9.17) is 0 Å². The second-order valence-electron chi connectivity index (χ2n) is 9.26. The number of hydrogen-bond acceptors (Lipinski definition) is 8. The van der Waals surface area contributed by atoms with Crippen molar-refractivity contribution in [3.63, 3.8) is 0 Å². The zero-order valence-electron chi connectivity index (χ0n) is 21.7. The molecule has 0 aliphatic carbocycles. The van der Waals surface area contributed by atoms with Crippen LogP contribution in [0.25, 0.3) is 50.3 Å². The van der Waals surface area contributed by atoms with E-state index in [1.54, 1.807) is 12.1 Å². The first-order valence-corrected chi connectivity index (χ1v) is 12.3. The Morgan fingerprint density at radius 3 is 1.54 bits per heavy atom. The zero-order chi connectivity index (χ0) is 27.3. The molecule has 0 spiro atoms. The number of nitriles is 2. The third-order valence-corrected chi connectivity index (χ3v) is 6.48. The van der Waals surface area contributed by atoms with E-state index in [0.29, 0.717) is 46.1 Å². The summed E-state index contributed by atoms with van der Waals surface area (Å²) in [5.74, 6) is 3.59. The second-order valence-corrected chi connectivity index (χ2v) is 9.26. The minimum atomic E-state index is 0.525. The van der Waals surface area contributed by atoms with Gasteiger partial charge in [0.15, 0.2) is 11.6 Å². The fourth-order valence-corrected chi connectivity index (χ4v) is 4.95. The van der Waals surface area contributed by atoms with Gasteiger partial charge in [0.2, 0.25) is 0 Å². The maximum absolute atomic E-state index is 9.57. The molecular formula is C30H21N9. The predicted molar refractivity (Wildman–Crippen MR) is 147 cm³/mol. The number of rotatable bonds is 3. The lowest BCUT2D eigenvalue weighted by atomic mass is 10.1. The topological polar surface area (TPSA) is 130 Å². The Balaban J connectivity index is 1.72. The van der Waals surface area contributed by atoms with Crippen molar-refractivity contribution in [1.82, 2.24) is 34.5 Å². The summed E-state index contributed by atoms with van der Waals surface area (Å²) >= 11 is 0. The molecule has 0 N–H and O–H groups in total. The summed E-state index contributed by atoms with van der Waals surface area (Å²) in [5, 5.41) is 20.9. The van der Waals surface area contributed by atoms with E-state index in [2.05, 4.69) is 46.6 Å². The standard InChI is InChI=1S/C30H21N9/c1-16-33-17(2)36-29(35-16)22-7-10-28(25(13-22)30-37-18(3)34-19(4)38-30)39-26-8-5-20(14-31)11-23(26)24-12-21(15-32)6-9-27(24)39/h5-13H,1-4H3. The van der Waals surface area contributed by atoms with E-state index in [0.717, 1.165) is 38.6 Å². The van der Waals surface area contributed by atoms with Gasteiger partial charge in [-0.1, -0.05) is 0 Å². The first-order chi connectivity index (χ1) is 18.8. The molecule has 9 heteroatoms. The molecule has 39 heavy (non-hydrogen) atoms. The average molecular weight is 508 g/mol. The van der Waals surface area contributed by atoms with Gasteiger partial charge in [0, 0.05) is 21.9 Å². The molecule has 186 valence electrons. The molecular weight excluding hydrogens is 486 g/mol. The molecule has 0 fully saturated rings. The lowest BCUT2D eigenvalue weighted by Crippen LogP contribution is -2.04. The fraction of sp³-hybridized carbons (Fsp3) is 0.133. The average Bonchev–Trinajstić information content (AvgIpc) is 3.24. The number of aryl methyl sites for hydroxylation is 4. The van der Waals surface area contributed by atoms with Crippen LogP contribution in [0.1, 0.15) is 34.4 Å². The highest BCUT2D eigenvalue weighted by Gasteiger charge is 2.20. The van der Waals surface area contributed by atoms with Crippen molar-refractivity contribution >= 4 is 21.8 Å². The van der Waals surface area contributed by atoms with Gasteiger partial charge < -0.3 is 4.57 Å². The number of fused-ring (bicyclic) bond motifs is 3. The fourth-order valence-electron chi connectivity index (χ4n) is 4.95. The molecule has 9 nitrogen and oxygen atoms in total. The lowest BCUT2D eigenvalue weighted by molar-refractivity contribution is 0.924. The minimum Gasteiger partial charge on any atom is -0.308 e. The molecule has 0 amide bonds. The van der Waals surface area contributed by atoms with Crippen LogP contribution in [0.4, 0.5) is 0 Å². The SMILES string of the molecule is Cc1nc(C)nc(-c2ccc(-n3c4ccc(C#N)cc4c4cc(C#N)ccc43)c(-c3nc(C)nc(C)n3)c2)n1. The minimum absolute atomic E-state index is 0.525. The Bertz CT molecular complexity index is 1930. The summed E-state index contributed by atoms with van der Waals surface area (Å²) in [5.41, 5.74) is 5.28. The third kappa shape index (κ3) is 4.12. The van der Waals surface area contributed by atoms with Crippen molar-refractivity contribution < 1.29 is 0 Å². The Hall–Kier alpha value is -5.54. The van der Waals surface area contributed by atoms with Crippen molar-refractivity contribution in [3.8, 4) is 40.6 Å². The van der Waals surface area contributed by atoms with Gasteiger partial charge in [0.05, 0.1) is 40.0 Å². The van der Waals surface area contributed by atoms with Crippen LogP contribution in [0, 0.1) is 50.4 Å². The highest BCUT2D eigenvalue weighted by Crippen LogP contribution is 2.37. The summed E-state index contributed by atoms with van der Waals surface area (Å²) in [6, 6.07) is 21.6. The van der Waals surface area contributed by atoms with Crippen molar-refractivity contribution in [2.45, 2.75) is 27.7 Å². The van der Waals surface area contributed by atoms with Gasteiger partial charge in [-0.2, -0.15) is 10.5 Å². The molecule has 6 aromatic rings. The van der Waals surface area contributed by atoms with Gasteiger partial charge in [-0.05, 0) is 82.3 Å². The largest absolute Gasteiger partial charge is 0.308 e. The van der Waals surface area contributed by atoms with Crippen LogP contribution >= 0.6 is 0 Å². The summed E-state index contributed by atoms with van der Waals surface area (Å²) < 4.78 is 2.12. The van der Waals surface area contributed by atoms with Crippen LogP contribution in [-0.2, 0) is 0 Å². The number of hydrogen-bond donors (Lipinski definition) is 0. The first-order valence-electron chi connectivity index (χ1n) is 12.3. The molecule has 0 aliphatic rings. The van der Waals surface area contributed by atoms with Crippen LogP contribution in [0.3, 0.4) is 0 Å². The van der Waals surface area contributed by atoms with Crippen molar-refractivity contribution in [1.29, 1.82) is 10.5 Å². The molecule has 0 saturated carbocycles. The maximum atomic E-state index is 9.57. The quantitative estimate of drug-likeness (QED) is 0.308. The highest BCUT2D eigenvalue weighted by molar-refractivity contribution is 6.10. The van der Waals surface area contributed by atoms with Gasteiger partial charge >= 0.3 is 0 Å². The maximum Gasteiger partial charge on any atom is 0.165 e. The molecule has 3 aromatic carbocycles. The van der Waals surface area contributed by atoms with E-state index in [-0.39, 0.29) is 0 Å². The van der Waals surface area contributed by atoms with Gasteiger partial charge in [-0.25, -0.2) is 29.9 Å². The van der Waals surface area contributed by atoms with E-state index in [1.807, 2.05) is 70.2 Å². The summed E-state index contributed by atoms with van der Waals surface area (Å²) in [7, 11) is 0. The Morgan fingerprint density at radius 1 is 0.564 bits per heavy atom. The lowest BCUT2D eigenvalue weighted by Gasteiger charge is -2.15. The van der Waals surface area contributed by atoms with E-state index >= 15 is 0 Å². The molecule has 6 rings (SSSR count). The zero-order valence-corrected chi connectivity index (χ0v) is 21.7. The molecule has 0 unspecified atom stereocenters. The number of benzene rings is 3. The summed E-state index contributed by atoms with van der Waals surface area (Å²) in [6.45, 7) is 7.37. The van der Waals surface area contributed by atoms with E-state index < -0.39 is 0 Å². The molecule has 3 aromatic heterocycles. The molecule has 0 atom stereocenters. The van der Waals surface area contributed by atoms with E-state index in [1.165, 1.54) is 0 Å². The van der Waals surface area contributed by atoms with Gasteiger partial charge in [0.1, 0.15) is 23.3 Å². The summed E-state index contributed by atoms with van der Waals surface area (Å²) in [4.78, 5) is 27.2. The molecule has 0 saturated heterocycles. The Morgan fingerprint density at radius 2 is 1.05 bits per heavy atom. The predicted octanol–water partition coefficient (Wildman–Crippen LogP) is 5.46. The highest BCUT2D eigenvalue weighted by atomic mass is 15.0. The van der Waals surface area contributed by atoms with Gasteiger partial charge in [-0.15, -0.1) is 0 Å². The van der Waals surface area contributed by atoms with Crippen molar-refractivity contribution in [3.05, 3.63) is 89.0 Å². The molecule has 3 heterocycles. The van der Waals surface area contributed by atoms with Crippen LogP contribution < -0.4 is 0 Å². The van der Waals surface area contributed by atoms with Crippen LogP contribution in [0.5, 0.6) is 0 Å². The monoisotopic (exact) mass is 507 g/mol. The van der Waals surface area contributed by atoms with Crippen LogP contribution in [0.15, 0.2) is 54.6 Å². The summed E-state index contributed by atoms with van der Waals surface area (Å²) in [6.07, 6.45) is 0. The van der Waals surface area contributed by atoms with Crippen LogP contribution in [-0.4, -0.2) is 34.5 Å². The van der Waals surface area contributed by atoms with Crippen LogP contribution in [0.2, 0.25) is 0 Å². The first kappa shape index (κ1) is 23.8. The number of nitrogens with zero attached hydrogens (tertiary/aromatic N) is 9. The van der Waals surface area contributed by atoms with Crippen molar-refractivity contribution in [2.75, 3.05) is 0 Å². The second kappa shape index (κ2) is 9.09. The normalized spacial score (nSPS) is 11.0. The van der Waals surface area contributed by atoms with E-state index in [9.17, 15) is 10.5 Å². The molecule has 0 bridgehead atoms. The molecule has 0 radical (unpaired) electrons. The van der Waals surface area contributed by atoms with Gasteiger partial charge in [-0.3, -0.25) is 0 Å². The third-order valence-electron chi connectivity index (χ3n) is 6.48.